The highest BCUT2D eigenvalue weighted by Gasteiger charge is 2.31. The Labute approximate surface area is 238 Å². The summed E-state index contributed by atoms with van der Waals surface area (Å²) in [5.41, 5.74) is 8.32. The maximum atomic E-state index is 11.4. The fourth-order valence-electron chi connectivity index (χ4n) is 5.52. The van der Waals surface area contributed by atoms with E-state index in [1.54, 1.807) is 14.1 Å². The lowest BCUT2D eigenvalue weighted by Crippen LogP contribution is -2.74. The number of rotatable bonds is 5. The Kier molecular flexibility index (Phi) is 9.18. The maximum Gasteiger partial charge on any atom is 0.477 e. The number of aryl methyl sites for hydroxylation is 3. The van der Waals surface area contributed by atoms with Crippen molar-refractivity contribution in [2.24, 2.45) is 0 Å². The van der Waals surface area contributed by atoms with E-state index in [0.717, 1.165) is 17.0 Å². The van der Waals surface area contributed by atoms with Crippen LogP contribution < -0.4 is 31.4 Å². The zero-order chi connectivity index (χ0) is 28.5. The van der Waals surface area contributed by atoms with Gasteiger partial charge in [0.05, 0.1) is 0 Å². The molecule has 4 nitrogen and oxygen atoms in total. The van der Waals surface area contributed by atoms with E-state index in [4.69, 9.17) is 4.84 Å². The first-order valence-electron chi connectivity index (χ1n) is 13.6. The van der Waals surface area contributed by atoms with Gasteiger partial charge in [0.1, 0.15) is 6.15 Å². The van der Waals surface area contributed by atoms with E-state index in [-0.39, 0.29) is 6.09 Å². The molecular weight excluding hydrogens is 491 g/mol. The highest BCUT2D eigenvalue weighted by atomic mass is 16.7. The molecule has 202 valence electrons. The van der Waals surface area contributed by atoms with Gasteiger partial charge >= 0.3 is 6.09 Å². The van der Waals surface area contributed by atoms with Gasteiger partial charge in [0.2, 0.25) is 11.4 Å². The number of carbonyl (C=O) groups is 1. The van der Waals surface area contributed by atoms with Crippen molar-refractivity contribution in [2.45, 2.75) is 20.8 Å². The first-order chi connectivity index (χ1) is 19.3. The highest BCUT2D eigenvalue weighted by molar-refractivity contribution is 7.19. The standard InChI is InChI=1S/C24H20B.C11H17N2O2/c1-5-13-21(14-6-1)25(22-15-7-2-8-16-22,23-17-9-3-10-18-23)24-19-11-4-12-20-24;1-8-6-9(2)13(10(3)7-8)15-11(14)12(4)5/h1-20H;6-7H,1-5H3/q-1;+1. The van der Waals surface area contributed by atoms with Crippen molar-refractivity contribution in [2.75, 3.05) is 14.1 Å². The normalized spacial score (nSPS) is 10.7. The van der Waals surface area contributed by atoms with E-state index >= 15 is 0 Å². The maximum absolute atomic E-state index is 11.4. The van der Waals surface area contributed by atoms with E-state index in [2.05, 4.69) is 121 Å². The third-order valence-corrected chi connectivity index (χ3v) is 7.25. The molecule has 0 radical (unpaired) electrons. The number of carbonyl (C=O) groups excluding carboxylic acids is 1. The minimum Gasteiger partial charge on any atom is -0.309 e. The minimum absolute atomic E-state index is 0.380. The molecular formula is C35H37BN2O2. The molecule has 40 heavy (non-hydrogen) atoms. The number of hydrogen-bond acceptors (Lipinski definition) is 2. The Morgan fingerprint density at radius 3 is 1.15 bits per heavy atom. The molecule has 0 bridgehead atoms. The van der Waals surface area contributed by atoms with Crippen molar-refractivity contribution in [1.29, 1.82) is 0 Å². The summed E-state index contributed by atoms with van der Waals surface area (Å²) in [5.74, 6) is 0. The third kappa shape index (κ3) is 6.15. The minimum atomic E-state index is -1.22. The number of benzene rings is 4. The number of amides is 1. The highest BCUT2D eigenvalue weighted by Crippen LogP contribution is 2.09. The molecule has 0 spiro atoms. The van der Waals surface area contributed by atoms with Crippen molar-refractivity contribution >= 4 is 34.1 Å². The summed E-state index contributed by atoms with van der Waals surface area (Å²) in [5, 5.41) is 0. The summed E-state index contributed by atoms with van der Waals surface area (Å²) in [6, 6.07) is 47.5. The van der Waals surface area contributed by atoms with Crippen LogP contribution in [0.3, 0.4) is 0 Å². The summed E-state index contributed by atoms with van der Waals surface area (Å²) < 4.78 is 1.54. The molecule has 0 saturated carbocycles. The Hall–Kier alpha value is -4.64. The van der Waals surface area contributed by atoms with Crippen LogP contribution in [0.25, 0.3) is 0 Å². The van der Waals surface area contributed by atoms with Crippen LogP contribution >= 0.6 is 0 Å². The lowest BCUT2D eigenvalue weighted by molar-refractivity contribution is -0.877. The molecule has 0 N–H and O–H groups in total. The average Bonchev–Trinajstić information content (AvgIpc) is 2.98. The summed E-state index contributed by atoms with van der Waals surface area (Å²) in [4.78, 5) is 18.0. The first kappa shape index (κ1) is 28.4. The summed E-state index contributed by atoms with van der Waals surface area (Å²) in [7, 11) is 3.31. The zero-order valence-electron chi connectivity index (χ0n) is 24.0. The second-order valence-corrected chi connectivity index (χ2v) is 10.4. The fourth-order valence-corrected chi connectivity index (χ4v) is 5.52. The molecule has 0 saturated heterocycles. The molecule has 1 heterocycles. The van der Waals surface area contributed by atoms with Gasteiger partial charge in [0, 0.05) is 44.8 Å². The Morgan fingerprint density at radius 2 is 0.875 bits per heavy atom. The quantitative estimate of drug-likeness (QED) is 0.255. The molecule has 4 aromatic carbocycles. The molecule has 0 atom stereocenters. The van der Waals surface area contributed by atoms with Gasteiger partial charge in [-0.3, -0.25) is 0 Å². The third-order valence-electron chi connectivity index (χ3n) is 7.25. The summed E-state index contributed by atoms with van der Waals surface area (Å²) in [6.07, 6.45) is -1.60. The molecule has 0 aliphatic rings. The Morgan fingerprint density at radius 1 is 0.575 bits per heavy atom. The predicted molar refractivity (Wildman–Crippen MR) is 167 cm³/mol. The summed E-state index contributed by atoms with van der Waals surface area (Å²) in [6.45, 7) is 5.82. The molecule has 5 aromatic rings. The van der Waals surface area contributed by atoms with E-state index in [9.17, 15) is 4.79 Å². The molecule has 0 aliphatic heterocycles. The van der Waals surface area contributed by atoms with Crippen LogP contribution in [-0.4, -0.2) is 31.2 Å². The van der Waals surface area contributed by atoms with Gasteiger partial charge < -0.3 is 4.90 Å². The van der Waals surface area contributed by atoms with Crippen molar-refractivity contribution in [3.63, 3.8) is 0 Å². The number of hydrogen-bond donors (Lipinski definition) is 0. The molecule has 0 aliphatic carbocycles. The van der Waals surface area contributed by atoms with E-state index in [1.165, 1.54) is 31.5 Å². The molecule has 5 rings (SSSR count). The lowest BCUT2D eigenvalue weighted by Gasteiger charge is -2.44. The molecule has 1 amide bonds. The topological polar surface area (TPSA) is 33.4 Å². The van der Waals surface area contributed by atoms with E-state index in [0.29, 0.717) is 0 Å². The van der Waals surface area contributed by atoms with Crippen LogP contribution in [-0.2, 0) is 0 Å². The Bertz CT molecular complexity index is 1340. The Balaban J connectivity index is 0.000000212. The van der Waals surface area contributed by atoms with Crippen LogP contribution in [0, 0.1) is 20.8 Å². The van der Waals surface area contributed by atoms with Gasteiger partial charge in [-0.05, 0) is 12.5 Å². The van der Waals surface area contributed by atoms with Gasteiger partial charge in [-0.25, -0.2) is 4.79 Å². The SMILES string of the molecule is Cc1cc(C)[n+](OC(=O)N(C)C)c(C)c1.c1ccc([B-](c2ccccc2)(c2ccccc2)c2ccccc2)cc1. The number of nitrogens with zero attached hydrogens (tertiary/aromatic N) is 2. The van der Waals surface area contributed by atoms with Crippen molar-refractivity contribution in [3.05, 3.63) is 150 Å². The van der Waals surface area contributed by atoms with E-state index < -0.39 is 6.15 Å². The van der Waals surface area contributed by atoms with Crippen molar-refractivity contribution in [1.82, 2.24) is 4.90 Å². The first-order valence-corrected chi connectivity index (χ1v) is 13.6. The second-order valence-electron chi connectivity index (χ2n) is 10.4. The van der Waals surface area contributed by atoms with Gasteiger partial charge in [-0.15, -0.1) is 0 Å². The largest absolute Gasteiger partial charge is 0.477 e. The smallest absolute Gasteiger partial charge is 0.309 e. The zero-order valence-corrected chi connectivity index (χ0v) is 24.0. The van der Waals surface area contributed by atoms with Crippen LogP contribution in [0.1, 0.15) is 17.0 Å². The van der Waals surface area contributed by atoms with Crippen LogP contribution in [0.15, 0.2) is 133 Å². The lowest BCUT2D eigenvalue weighted by atomic mass is 9.13. The monoisotopic (exact) mass is 528 g/mol. The van der Waals surface area contributed by atoms with Gasteiger partial charge in [0.15, 0.2) is 0 Å². The average molecular weight is 529 g/mol. The van der Waals surface area contributed by atoms with Gasteiger partial charge in [0.25, 0.3) is 0 Å². The second kappa shape index (κ2) is 12.9. The fraction of sp³-hybridized carbons (Fsp3) is 0.143. The van der Waals surface area contributed by atoms with Crippen LogP contribution in [0.2, 0.25) is 0 Å². The van der Waals surface area contributed by atoms with Gasteiger partial charge in [-0.1, -0.05) is 121 Å². The van der Waals surface area contributed by atoms with Gasteiger partial charge in [-0.2, -0.15) is 26.7 Å². The van der Waals surface area contributed by atoms with E-state index in [1.807, 2.05) is 32.9 Å². The van der Waals surface area contributed by atoms with Crippen LogP contribution in [0.5, 0.6) is 0 Å². The molecule has 0 fully saturated rings. The number of aromatic nitrogens is 1. The molecule has 0 unspecified atom stereocenters. The predicted octanol–water partition coefficient (Wildman–Crippen LogP) is 4.07. The van der Waals surface area contributed by atoms with Crippen molar-refractivity contribution in [3.8, 4) is 0 Å². The van der Waals surface area contributed by atoms with Crippen LogP contribution in [0.4, 0.5) is 4.79 Å². The number of pyridine rings is 1. The molecule has 5 heteroatoms. The summed E-state index contributed by atoms with van der Waals surface area (Å²) >= 11 is 0. The molecule has 1 aromatic heterocycles. The van der Waals surface area contributed by atoms with Crippen molar-refractivity contribution < 1.29 is 14.4 Å².